The highest BCUT2D eigenvalue weighted by atomic mass is 19.1. The number of aromatic nitrogens is 2. The Morgan fingerprint density at radius 1 is 1.09 bits per heavy atom. The van der Waals surface area contributed by atoms with Crippen LogP contribution in [0.25, 0.3) is 22.3 Å². The number of benzene rings is 1. The number of fused-ring (bicyclic) bond motifs is 2. The van der Waals surface area contributed by atoms with Crippen molar-refractivity contribution in [2.24, 2.45) is 0 Å². The molecule has 0 amide bonds. The fourth-order valence-electron chi connectivity index (χ4n) is 4.79. The van der Waals surface area contributed by atoms with Crippen molar-refractivity contribution in [1.82, 2.24) is 9.97 Å². The van der Waals surface area contributed by atoms with Crippen LogP contribution in [-0.2, 0) is 9.47 Å². The van der Waals surface area contributed by atoms with Gasteiger partial charge in [-0.3, -0.25) is 0 Å². The average Bonchev–Trinajstić information content (AvgIpc) is 3.62. The lowest BCUT2D eigenvalue weighted by molar-refractivity contribution is 0.00794. The molecule has 8 nitrogen and oxygen atoms in total. The van der Waals surface area contributed by atoms with Crippen LogP contribution >= 0.6 is 0 Å². The molecule has 0 spiro atoms. The predicted octanol–water partition coefficient (Wildman–Crippen LogP) is 2.87. The van der Waals surface area contributed by atoms with E-state index < -0.39 is 11.9 Å². The molecule has 4 unspecified atom stereocenters. The lowest BCUT2D eigenvalue weighted by atomic mass is 10.1. The first-order chi connectivity index (χ1) is 16.5. The first kappa shape index (κ1) is 23.0. The van der Waals surface area contributed by atoms with E-state index in [4.69, 9.17) is 14.2 Å². The van der Waals surface area contributed by atoms with Gasteiger partial charge in [0.1, 0.15) is 24.0 Å². The molecule has 3 aliphatic rings. The minimum atomic E-state index is -0.642. The lowest BCUT2D eigenvalue weighted by Gasteiger charge is -2.18. The average molecular weight is 472 g/mol. The van der Waals surface area contributed by atoms with Gasteiger partial charge in [0.25, 0.3) is 0 Å². The number of hydrogen-bond donors (Lipinski definition) is 3. The van der Waals surface area contributed by atoms with Gasteiger partial charge in [0.2, 0.25) is 0 Å². The molecule has 0 aliphatic carbocycles. The van der Waals surface area contributed by atoms with Crippen LogP contribution < -0.4 is 9.64 Å². The van der Waals surface area contributed by atoms with Crippen LogP contribution in [0.5, 0.6) is 5.88 Å². The summed E-state index contributed by atoms with van der Waals surface area (Å²) in [6.07, 6.45) is -1.24. The largest absolute Gasteiger partial charge is 0.470 e. The maximum Gasteiger partial charge on any atom is 0.193 e. The minimum Gasteiger partial charge on any atom is -0.470 e. The van der Waals surface area contributed by atoms with Gasteiger partial charge >= 0.3 is 0 Å². The highest BCUT2D eigenvalue weighted by Gasteiger charge is 2.48. The second-order valence-corrected chi connectivity index (χ2v) is 8.64. The van der Waals surface area contributed by atoms with E-state index in [1.807, 2.05) is 38.1 Å². The zero-order chi connectivity index (χ0) is 23.8. The number of halogens is 1. The van der Waals surface area contributed by atoms with Crippen molar-refractivity contribution in [1.29, 1.82) is 0 Å². The molecule has 3 aromatic rings. The van der Waals surface area contributed by atoms with E-state index in [1.54, 1.807) is 6.07 Å². The van der Waals surface area contributed by atoms with Crippen LogP contribution in [0.4, 0.5) is 10.1 Å². The smallest absolute Gasteiger partial charge is 0.193 e. The Bertz CT molecular complexity index is 1140. The summed E-state index contributed by atoms with van der Waals surface area (Å²) in [5.74, 6) is 0.0213. The number of ether oxygens (including phenoxy) is 3. The molecule has 5 atom stereocenters. The summed E-state index contributed by atoms with van der Waals surface area (Å²) in [4.78, 5) is 9.68. The van der Waals surface area contributed by atoms with Crippen molar-refractivity contribution in [2.45, 2.75) is 50.8 Å². The van der Waals surface area contributed by atoms with Crippen LogP contribution in [0.3, 0.4) is 0 Å². The molecule has 182 valence electrons. The van der Waals surface area contributed by atoms with Gasteiger partial charge in [-0.1, -0.05) is 26.0 Å². The lowest BCUT2D eigenvalue weighted by Crippen LogP contribution is -2.34. The Labute approximate surface area is 197 Å². The van der Waals surface area contributed by atoms with Crippen molar-refractivity contribution in [3.63, 3.8) is 0 Å². The Kier molecular flexibility index (Phi) is 6.44. The number of rotatable bonds is 4. The molecular formula is C25H30FN3O5. The van der Waals surface area contributed by atoms with Gasteiger partial charge in [0.15, 0.2) is 17.8 Å². The molecule has 9 heteroatoms. The maximum absolute atomic E-state index is 14.9. The molecule has 3 aliphatic heterocycles. The third-order valence-corrected chi connectivity index (χ3v) is 6.46. The van der Waals surface area contributed by atoms with Crippen LogP contribution in [-0.4, -0.2) is 77.0 Å². The van der Waals surface area contributed by atoms with E-state index >= 15 is 0 Å². The molecule has 0 saturated carbocycles. The zero-order valence-electron chi connectivity index (χ0n) is 19.3. The summed E-state index contributed by atoms with van der Waals surface area (Å²) < 4.78 is 32.0. The van der Waals surface area contributed by atoms with E-state index in [2.05, 4.69) is 14.9 Å². The minimum absolute atomic E-state index is 0.231. The van der Waals surface area contributed by atoms with E-state index in [0.29, 0.717) is 35.6 Å². The second-order valence-electron chi connectivity index (χ2n) is 8.64. The van der Waals surface area contributed by atoms with Crippen molar-refractivity contribution < 1.29 is 28.8 Å². The molecule has 1 aromatic carbocycles. The van der Waals surface area contributed by atoms with Crippen molar-refractivity contribution in [2.75, 3.05) is 31.2 Å². The Hall–Kier alpha value is -2.72. The first-order valence-corrected chi connectivity index (χ1v) is 11.9. The standard InChI is InChI=1S/C23H24FN3O5.C2H6/c24-15-7-16-17(8-20(25-16)32-19-11-31-22-18(29)10-30-23(19)22)26-21(15)12-1-3-13(4-2-12)27-6-5-14(28)9-27;1-2/h1-4,7-8,14,18-19,22-23,25,28-29H,5-6,9-11H2;1-2H3/t14?,18?,19?,22?,23-;/m1./s1. The van der Waals surface area contributed by atoms with E-state index in [-0.39, 0.29) is 36.7 Å². The monoisotopic (exact) mass is 471 g/mol. The quantitative estimate of drug-likeness (QED) is 0.538. The molecule has 2 aromatic heterocycles. The van der Waals surface area contributed by atoms with E-state index in [1.165, 1.54) is 6.07 Å². The Morgan fingerprint density at radius 2 is 1.85 bits per heavy atom. The van der Waals surface area contributed by atoms with Gasteiger partial charge in [-0.2, -0.15) is 0 Å². The summed E-state index contributed by atoms with van der Waals surface area (Å²) >= 11 is 0. The second kappa shape index (κ2) is 9.50. The third kappa shape index (κ3) is 4.24. The van der Waals surface area contributed by atoms with Crippen molar-refractivity contribution >= 4 is 16.7 Å². The molecule has 3 N–H and O–H groups in total. The van der Waals surface area contributed by atoms with Crippen LogP contribution in [0, 0.1) is 5.82 Å². The first-order valence-electron chi connectivity index (χ1n) is 11.9. The molecule has 0 radical (unpaired) electrons. The number of aromatic amines is 1. The summed E-state index contributed by atoms with van der Waals surface area (Å²) in [5.41, 5.74) is 3.07. The Morgan fingerprint density at radius 3 is 2.59 bits per heavy atom. The van der Waals surface area contributed by atoms with Gasteiger partial charge in [-0.05, 0) is 18.6 Å². The molecule has 6 rings (SSSR count). The number of nitrogens with zero attached hydrogens (tertiary/aromatic N) is 2. The van der Waals surface area contributed by atoms with E-state index in [9.17, 15) is 14.6 Å². The van der Waals surface area contributed by atoms with Gasteiger partial charge in [0.05, 0.1) is 30.4 Å². The molecule has 3 saturated heterocycles. The number of anilines is 1. The maximum atomic E-state index is 14.9. The number of H-pyrrole nitrogens is 1. The summed E-state index contributed by atoms with van der Waals surface area (Å²) in [6, 6.07) is 10.7. The number of nitrogens with one attached hydrogen (secondary N) is 1. The van der Waals surface area contributed by atoms with Gasteiger partial charge in [-0.25, -0.2) is 9.37 Å². The summed E-state index contributed by atoms with van der Waals surface area (Å²) in [7, 11) is 0. The summed E-state index contributed by atoms with van der Waals surface area (Å²) in [6.45, 7) is 5.97. The predicted molar refractivity (Wildman–Crippen MR) is 126 cm³/mol. The number of hydrogen-bond acceptors (Lipinski definition) is 7. The van der Waals surface area contributed by atoms with Gasteiger partial charge in [-0.15, -0.1) is 0 Å². The van der Waals surface area contributed by atoms with Gasteiger partial charge < -0.3 is 34.3 Å². The molecule has 0 bridgehead atoms. The zero-order valence-corrected chi connectivity index (χ0v) is 19.3. The third-order valence-electron chi connectivity index (χ3n) is 6.46. The highest BCUT2D eigenvalue weighted by molar-refractivity contribution is 5.81. The SMILES string of the molecule is CC.OC1CCN(c2ccc(-c3nc4cc(OC5COC6C(O)CO[C@H]56)[nH]c4cc3F)cc2)C1. The highest BCUT2D eigenvalue weighted by Crippen LogP contribution is 2.32. The van der Waals surface area contributed by atoms with Crippen LogP contribution in [0.1, 0.15) is 20.3 Å². The van der Waals surface area contributed by atoms with Crippen molar-refractivity contribution in [3.05, 3.63) is 42.2 Å². The summed E-state index contributed by atoms with van der Waals surface area (Å²) in [5, 5.41) is 19.6. The number of pyridine rings is 1. The van der Waals surface area contributed by atoms with Crippen molar-refractivity contribution in [3.8, 4) is 17.1 Å². The fourth-order valence-corrected chi connectivity index (χ4v) is 4.79. The van der Waals surface area contributed by atoms with Crippen LogP contribution in [0.2, 0.25) is 0 Å². The van der Waals surface area contributed by atoms with Gasteiger partial charge in [0, 0.05) is 36.5 Å². The molecular weight excluding hydrogens is 441 g/mol. The molecule has 5 heterocycles. The normalized spacial score (nSPS) is 28.1. The number of aliphatic hydroxyl groups is 2. The number of aliphatic hydroxyl groups excluding tert-OH is 2. The topological polar surface area (TPSA) is 100 Å². The fraction of sp³-hybridized carbons (Fsp3) is 0.480. The molecule has 3 fully saturated rings. The Balaban J connectivity index is 0.00000117. The van der Waals surface area contributed by atoms with Crippen LogP contribution in [0.15, 0.2) is 36.4 Å². The van der Waals surface area contributed by atoms with E-state index in [0.717, 1.165) is 18.7 Å². The molecule has 34 heavy (non-hydrogen) atoms. The number of β-amino-alcohol motifs (C(OH)–C–C–N with tert-alkyl or cyclic N) is 1.